The Kier molecular flexibility index (Phi) is 7.86. The van der Waals surface area contributed by atoms with Gasteiger partial charge in [-0.15, -0.1) is 11.3 Å². The van der Waals surface area contributed by atoms with Crippen molar-refractivity contribution < 1.29 is 18.7 Å². The number of fused-ring (bicyclic) bond motifs is 1. The van der Waals surface area contributed by atoms with Crippen molar-refractivity contribution in [2.24, 2.45) is 0 Å². The van der Waals surface area contributed by atoms with E-state index in [1.54, 1.807) is 45.4 Å². The van der Waals surface area contributed by atoms with Gasteiger partial charge < -0.3 is 14.5 Å². The van der Waals surface area contributed by atoms with E-state index >= 15 is 0 Å². The van der Waals surface area contributed by atoms with Crippen molar-refractivity contribution in [3.05, 3.63) is 87.4 Å². The first-order chi connectivity index (χ1) is 16.9. The molecule has 0 radical (unpaired) electrons. The van der Waals surface area contributed by atoms with E-state index in [9.17, 15) is 14.0 Å². The fourth-order valence-electron chi connectivity index (χ4n) is 4.43. The van der Waals surface area contributed by atoms with Crippen LogP contribution in [0.1, 0.15) is 52.7 Å². The third-order valence-corrected chi connectivity index (χ3v) is 7.60. The second kappa shape index (κ2) is 11.0. The van der Waals surface area contributed by atoms with Gasteiger partial charge in [0.2, 0.25) is 5.91 Å². The van der Waals surface area contributed by atoms with Gasteiger partial charge >= 0.3 is 0 Å². The molecular weight excluding hydrogens is 463 g/mol. The van der Waals surface area contributed by atoms with Crippen LogP contribution in [0.2, 0.25) is 0 Å². The van der Waals surface area contributed by atoms with Crippen molar-refractivity contribution in [1.82, 2.24) is 9.80 Å². The van der Waals surface area contributed by atoms with Crippen LogP contribution in [-0.4, -0.2) is 47.4 Å². The van der Waals surface area contributed by atoms with Crippen molar-refractivity contribution in [2.75, 3.05) is 19.7 Å². The zero-order valence-electron chi connectivity index (χ0n) is 20.4. The summed E-state index contributed by atoms with van der Waals surface area (Å²) in [5, 5.41) is 2.02. The Morgan fingerprint density at radius 3 is 2.74 bits per heavy atom. The minimum Gasteiger partial charge on any atom is -0.488 e. The van der Waals surface area contributed by atoms with E-state index < -0.39 is 5.82 Å². The molecule has 1 aromatic heterocycles. The number of halogens is 1. The Hall–Kier alpha value is -3.19. The maximum Gasteiger partial charge on any atom is 0.254 e. The van der Waals surface area contributed by atoms with E-state index in [0.29, 0.717) is 12.1 Å². The summed E-state index contributed by atoms with van der Waals surface area (Å²) in [6.45, 7) is 6.58. The van der Waals surface area contributed by atoms with E-state index in [4.69, 9.17) is 4.74 Å². The highest BCUT2D eigenvalue weighted by Crippen LogP contribution is 2.34. The van der Waals surface area contributed by atoms with Gasteiger partial charge in [0, 0.05) is 23.0 Å². The zero-order valence-corrected chi connectivity index (χ0v) is 21.2. The number of hydrogen-bond acceptors (Lipinski definition) is 4. The van der Waals surface area contributed by atoms with Crippen LogP contribution in [-0.2, 0) is 11.2 Å². The quantitative estimate of drug-likeness (QED) is 0.407. The van der Waals surface area contributed by atoms with Crippen molar-refractivity contribution >= 4 is 23.2 Å². The molecule has 4 rings (SSSR count). The number of benzene rings is 2. The fourth-order valence-corrected chi connectivity index (χ4v) is 5.36. The first kappa shape index (κ1) is 24.9. The number of carbonyl (C=O) groups is 2. The number of para-hydroxylation sites is 1. The minimum atomic E-state index is -0.432. The molecule has 0 saturated heterocycles. The Morgan fingerprint density at radius 1 is 1.20 bits per heavy atom. The highest BCUT2D eigenvalue weighted by atomic mass is 32.1. The molecule has 0 unspecified atom stereocenters. The summed E-state index contributed by atoms with van der Waals surface area (Å²) >= 11 is 1.66. The van der Waals surface area contributed by atoms with Gasteiger partial charge in [0.25, 0.3) is 5.91 Å². The molecule has 2 heterocycles. The molecule has 5 nitrogen and oxygen atoms in total. The van der Waals surface area contributed by atoms with Crippen molar-refractivity contribution in [1.29, 1.82) is 0 Å². The molecule has 7 heteroatoms. The van der Waals surface area contributed by atoms with Crippen LogP contribution in [0.4, 0.5) is 4.39 Å². The number of carbonyl (C=O) groups excluding carboxylic acids is 2. The first-order valence-corrected chi connectivity index (χ1v) is 12.9. The highest BCUT2D eigenvalue weighted by Gasteiger charge is 2.34. The topological polar surface area (TPSA) is 49.9 Å². The molecule has 2 amide bonds. The van der Waals surface area contributed by atoms with Crippen LogP contribution in [0.25, 0.3) is 0 Å². The molecule has 1 aliphatic heterocycles. The Balaban J connectivity index is 1.56. The lowest BCUT2D eigenvalue weighted by Crippen LogP contribution is -2.49. The van der Waals surface area contributed by atoms with Gasteiger partial charge in [-0.1, -0.05) is 36.8 Å². The minimum absolute atomic E-state index is 0.0164. The molecule has 3 aromatic rings. The molecule has 35 heavy (non-hydrogen) atoms. The van der Waals surface area contributed by atoms with Crippen LogP contribution < -0.4 is 4.74 Å². The average Bonchev–Trinajstić information content (AvgIpc) is 3.35. The van der Waals surface area contributed by atoms with Crippen molar-refractivity contribution in [2.45, 2.75) is 45.7 Å². The molecule has 0 spiro atoms. The van der Waals surface area contributed by atoms with Crippen LogP contribution in [0.15, 0.2) is 60.0 Å². The van der Waals surface area contributed by atoms with Gasteiger partial charge in [0.1, 0.15) is 13.2 Å². The molecule has 0 fully saturated rings. The molecule has 184 valence electrons. The second-order valence-corrected chi connectivity index (χ2v) is 9.95. The number of nitrogens with zero attached hydrogens (tertiary/aromatic N) is 2. The smallest absolute Gasteiger partial charge is 0.254 e. The summed E-state index contributed by atoms with van der Waals surface area (Å²) < 4.78 is 20.0. The van der Waals surface area contributed by atoms with Gasteiger partial charge in [-0.05, 0) is 68.0 Å². The zero-order chi connectivity index (χ0) is 24.9. The van der Waals surface area contributed by atoms with Crippen LogP contribution in [0, 0.1) is 12.7 Å². The van der Waals surface area contributed by atoms with Crippen molar-refractivity contribution in [3.63, 3.8) is 0 Å². The molecule has 0 bridgehead atoms. The SMILES string of the molecule is CC[C@H](C)N(CC(=O)N1CCc2sccc2[C@@H]1COc1ccccc1F)C(=O)c1cccc(C)c1. The molecule has 2 aromatic carbocycles. The number of thiophene rings is 1. The molecule has 1 aliphatic rings. The Labute approximate surface area is 210 Å². The number of aryl methyl sites for hydroxylation is 1. The molecular formula is C28H31FN2O3S. The average molecular weight is 495 g/mol. The molecule has 0 saturated carbocycles. The molecule has 0 aliphatic carbocycles. The monoisotopic (exact) mass is 494 g/mol. The third kappa shape index (κ3) is 5.56. The molecule has 2 atom stereocenters. The lowest BCUT2D eigenvalue weighted by atomic mass is 10.00. The Bertz CT molecular complexity index is 1190. The lowest BCUT2D eigenvalue weighted by Gasteiger charge is -2.38. The maximum absolute atomic E-state index is 14.2. The Morgan fingerprint density at radius 2 is 2.00 bits per heavy atom. The van der Waals surface area contributed by atoms with Gasteiger partial charge in [-0.25, -0.2) is 4.39 Å². The fraction of sp³-hybridized carbons (Fsp3) is 0.357. The summed E-state index contributed by atoms with van der Waals surface area (Å²) in [6.07, 6.45) is 1.49. The molecule has 0 N–H and O–H groups in total. The van der Waals surface area contributed by atoms with Gasteiger partial charge in [-0.2, -0.15) is 0 Å². The number of amides is 2. The maximum atomic E-state index is 14.2. The van der Waals surface area contributed by atoms with Crippen LogP contribution in [0.5, 0.6) is 5.75 Å². The number of hydrogen-bond donors (Lipinski definition) is 0. The standard InChI is InChI=1S/C28H31FN2O3S/c1-4-20(3)31(28(33)21-9-7-8-19(2)16-21)17-27(32)30-14-12-26-22(13-15-35-26)24(30)18-34-25-11-6-5-10-23(25)29/h5-11,13,15-16,20,24H,4,12,14,17-18H2,1-3H3/t20-,24-/m0/s1. The highest BCUT2D eigenvalue weighted by molar-refractivity contribution is 7.10. The van der Waals surface area contributed by atoms with E-state index in [2.05, 4.69) is 0 Å². The largest absolute Gasteiger partial charge is 0.488 e. The van der Waals surface area contributed by atoms with E-state index in [-0.39, 0.29) is 42.8 Å². The predicted octanol–water partition coefficient (Wildman–Crippen LogP) is 5.64. The lowest BCUT2D eigenvalue weighted by molar-refractivity contribution is -0.136. The predicted molar refractivity (Wildman–Crippen MR) is 136 cm³/mol. The third-order valence-electron chi connectivity index (χ3n) is 6.60. The van der Waals surface area contributed by atoms with Gasteiger partial charge in [0.15, 0.2) is 11.6 Å². The van der Waals surface area contributed by atoms with Crippen LogP contribution >= 0.6 is 11.3 Å². The summed E-state index contributed by atoms with van der Waals surface area (Å²) in [4.78, 5) is 31.7. The first-order valence-electron chi connectivity index (χ1n) is 12.0. The van der Waals surface area contributed by atoms with E-state index in [0.717, 1.165) is 24.0 Å². The summed E-state index contributed by atoms with van der Waals surface area (Å²) in [6, 6.07) is 15.3. The van der Waals surface area contributed by atoms with Crippen LogP contribution in [0.3, 0.4) is 0 Å². The van der Waals surface area contributed by atoms with Gasteiger partial charge in [0.05, 0.1) is 6.04 Å². The summed E-state index contributed by atoms with van der Waals surface area (Å²) in [5.74, 6) is -0.550. The number of ether oxygens (including phenoxy) is 1. The summed E-state index contributed by atoms with van der Waals surface area (Å²) in [7, 11) is 0. The second-order valence-electron chi connectivity index (χ2n) is 8.95. The number of rotatable bonds is 8. The van der Waals surface area contributed by atoms with E-state index in [1.165, 1.54) is 10.9 Å². The van der Waals surface area contributed by atoms with Crippen molar-refractivity contribution in [3.8, 4) is 5.75 Å². The van der Waals surface area contributed by atoms with E-state index in [1.807, 2.05) is 50.4 Å². The normalized spacial score (nSPS) is 15.9. The van der Waals surface area contributed by atoms with Gasteiger partial charge in [-0.3, -0.25) is 9.59 Å². The summed E-state index contributed by atoms with van der Waals surface area (Å²) in [5.41, 5.74) is 2.61.